The number of benzene rings is 1. The normalized spacial score (nSPS) is 10.8. The van der Waals surface area contributed by atoms with Crippen LogP contribution in [-0.4, -0.2) is 14.5 Å². The van der Waals surface area contributed by atoms with Crippen molar-refractivity contribution < 1.29 is 0 Å². The summed E-state index contributed by atoms with van der Waals surface area (Å²) in [4.78, 5) is 20.5. The van der Waals surface area contributed by atoms with Crippen molar-refractivity contribution >= 4 is 26.7 Å². The van der Waals surface area contributed by atoms with Gasteiger partial charge in [-0.05, 0) is 29.7 Å². The Kier molecular flexibility index (Phi) is 3.13. The average molecular weight is 316 g/mol. The summed E-state index contributed by atoms with van der Waals surface area (Å²) < 4.78 is 2.60. The van der Waals surface area contributed by atoms with Crippen LogP contribution in [0.3, 0.4) is 0 Å². The van der Waals surface area contributed by atoms with Crippen molar-refractivity contribution in [3.63, 3.8) is 0 Å². The van der Waals surface area contributed by atoms with Gasteiger partial charge in [-0.2, -0.15) is 0 Å². The summed E-state index contributed by atoms with van der Waals surface area (Å²) in [5.41, 5.74) is 0.747. The monoisotopic (exact) mass is 315 g/mol. The largest absolute Gasteiger partial charge is 0.309 e. The van der Waals surface area contributed by atoms with Crippen LogP contribution in [0.2, 0.25) is 0 Å². The average Bonchev–Trinajstić information content (AvgIpc) is 2.43. The summed E-state index contributed by atoms with van der Waals surface area (Å²) in [6.07, 6.45) is 6.69. The Bertz CT molecular complexity index is 784. The number of hydrogen-bond acceptors (Lipinski definition) is 3. The number of halogens is 1. The maximum Gasteiger partial charge on any atom is 0.258 e. The molecule has 2 aromatic heterocycles. The Morgan fingerprint density at radius 3 is 2.89 bits per heavy atom. The van der Waals surface area contributed by atoms with Crippen LogP contribution in [0.15, 0.2) is 58.3 Å². The molecule has 0 unspecified atom stereocenters. The van der Waals surface area contributed by atoms with Gasteiger partial charge in [0.05, 0.1) is 18.4 Å². The Morgan fingerprint density at radius 2 is 2.11 bits per heavy atom. The maximum absolute atomic E-state index is 12.3. The van der Waals surface area contributed by atoms with Gasteiger partial charge in [0.1, 0.15) is 0 Å². The topological polar surface area (TPSA) is 47.8 Å². The van der Waals surface area contributed by atoms with Crippen LogP contribution >= 0.6 is 15.9 Å². The standard InChI is InChI=1S/C14H10BrN3O/c15-11-1-2-13-10(7-11)3-6-18(14(13)19)9-12-8-16-4-5-17-12/h1-8H,9H2. The van der Waals surface area contributed by atoms with Gasteiger partial charge < -0.3 is 4.57 Å². The lowest BCUT2D eigenvalue weighted by Crippen LogP contribution is -2.20. The lowest BCUT2D eigenvalue weighted by molar-refractivity contribution is 0.742. The summed E-state index contributed by atoms with van der Waals surface area (Å²) in [5, 5.41) is 1.63. The van der Waals surface area contributed by atoms with Gasteiger partial charge >= 0.3 is 0 Å². The van der Waals surface area contributed by atoms with E-state index >= 15 is 0 Å². The van der Waals surface area contributed by atoms with Crippen LogP contribution in [0.5, 0.6) is 0 Å². The number of fused-ring (bicyclic) bond motifs is 1. The fourth-order valence-electron chi connectivity index (χ4n) is 1.97. The van der Waals surface area contributed by atoms with Crippen LogP contribution in [-0.2, 0) is 6.54 Å². The molecule has 5 heteroatoms. The number of rotatable bonds is 2. The highest BCUT2D eigenvalue weighted by Crippen LogP contribution is 2.16. The fourth-order valence-corrected chi connectivity index (χ4v) is 2.35. The number of nitrogens with zero attached hydrogens (tertiary/aromatic N) is 3. The minimum absolute atomic E-state index is 0.0179. The highest BCUT2D eigenvalue weighted by Gasteiger charge is 2.04. The molecule has 0 saturated carbocycles. The minimum Gasteiger partial charge on any atom is -0.309 e. The minimum atomic E-state index is -0.0179. The number of hydrogen-bond donors (Lipinski definition) is 0. The molecule has 0 radical (unpaired) electrons. The zero-order valence-electron chi connectivity index (χ0n) is 9.95. The molecule has 94 valence electrons. The molecule has 0 aliphatic carbocycles. The van der Waals surface area contributed by atoms with Crippen molar-refractivity contribution in [1.82, 2.24) is 14.5 Å². The van der Waals surface area contributed by atoms with Gasteiger partial charge in [0.2, 0.25) is 0 Å². The Morgan fingerprint density at radius 1 is 1.21 bits per heavy atom. The van der Waals surface area contributed by atoms with Crippen LogP contribution in [0.4, 0.5) is 0 Å². The van der Waals surface area contributed by atoms with Gasteiger partial charge in [0.25, 0.3) is 5.56 Å². The summed E-state index contributed by atoms with van der Waals surface area (Å²) >= 11 is 3.40. The molecule has 0 aliphatic heterocycles. The van der Waals surface area contributed by atoms with Gasteiger partial charge in [0, 0.05) is 28.4 Å². The second-order valence-corrected chi connectivity index (χ2v) is 5.09. The molecular formula is C14H10BrN3O. The van der Waals surface area contributed by atoms with Crippen molar-refractivity contribution in [3.8, 4) is 0 Å². The second-order valence-electron chi connectivity index (χ2n) is 4.18. The second kappa shape index (κ2) is 4.93. The van der Waals surface area contributed by atoms with Crippen LogP contribution in [0.1, 0.15) is 5.69 Å². The molecule has 0 atom stereocenters. The molecule has 0 amide bonds. The lowest BCUT2D eigenvalue weighted by atomic mass is 10.2. The molecule has 2 heterocycles. The third-order valence-corrected chi connectivity index (χ3v) is 3.38. The van der Waals surface area contributed by atoms with Crippen LogP contribution in [0.25, 0.3) is 10.8 Å². The molecular weight excluding hydrogens is 306 g/mol. The van der Waals surface area contributed by atoms with Crippen molar-refractivity contribution in [2.45, 2.75) is 6.54 Å². The third-order valence-electron chi connectivity index (χ3n) is 2.89. The van der Waals surface area contributed by atoms with Gasteiger partial charge in [0.15, 0.2) is 0 Å². The van der Waals surface area contributed by atoms with Crippen LogP contribution in [0, 0.1) is 0 Å². The van der Waals surface area contributed by atoms with Crippen molar-refractivity contribution in [2.24, 2.45) is 0 Å². The number of pyridine rings is 1. The maximum atomic E-state index is 12.3. The molecule has 19 heavy (non-hydrogen) atoms. The van der Waals surface area contributed by atoms with E-state index in [9.17, 15) is 4.79 Å². The molecule has 0 saturated heterocycles. The Balaban J connectivity index is 2.08. The summed E-state index contributed by atoms with van der Waals surface area (Å²) in [7, 11) is 0. The SMILES string of the molecule is O=c1c2ccc(Br)cc2ccn1Cc1cnccn1. The first-order chi connectivity index (χ1) is 9.24. The quantitative estimate of drug-likeness (QED) is 0.730. The van der Waals surface area contributed by atoms with E-state index in [2.05, 4.69) is 25.9 Å². The van der Waals surface area contributed by atoms with E-state index in [0.717, 1.165) is 15.6 Å². The highest BCUT2D eigenvalue weighted by molar-refractivity contribution is 9.10. The van der Waals surface area contributed by atoms with Gasteiger partial charge in [-0.15, -0.1) is 0 Å². The summed E-state index contributed by atoms with van der Waals surface area (Å²) in [6, 6.07) is 7.56. The molecule has 0 N–H and O–H groups in total. The van der Waals surface area contributed by atoms with Crippen molar-refractivity contribution in [3.05, 3.63) is 69.6 Å². The summed E-state index contributed by atoms with van der Waals surface area (Å²) in [5.74, 6) is 0. The molecule has 0 spiro atoms. The first-order valence-corrected chi connectivity index (χ1v) is 6.57. The zero-order chi connectivity index (χ0) is 13.2. The van der Waals surface area contributed by atoms with E-state index in [4.69, 9.17) is 0 Å². The molecule has 0 fully saturated rings. The van der Waals surface area contributed by atoms with E-state index in [0.29, 0.717) is 11.9 Å². The zero-order valence-corrected chi connectivity index (χ0v) is 11.5. The molecule has 4 nitrogen and oxygen atoms in total. The van der Waals surface area contributed by atoms with E-state index < -0.39 is 0 Å². The third kappa shape index (κ3) is 2.42. The van der Waals surface area contributed by atoms with E-state index in [1.807, 2.05) is 24.3 Å². The van der Waals surface area contributed by atoms with E-state index in [-0.39, 0.29) is 5.56 Å². The molecule has 0 bridgehead atoms. The number of aromatic nitrogens is 3. The first kappa shape index (κ1) is 12.0. The van der Waals surface area contributed by atoms with Gasteiger partial charge in [-0.25, -0.2) is 0 Å². The highest BCUT2D eigenvalue weighted by atomic mass is 79.9. The van der Waals surface area contributed by atoms with Gasteiger partial charge in [-0.3, -0.25) is 14.8 Å². The summed E-state index contributed by atoms with van der Waals surface area (Å²) in [6.45, 7) is 0.429. The van der Waals surface area contributed by atoms with E-state index in [1.165, 1.54) is 0 Å². The molecule has 3 rings (SSSR count). The molecule has 3 aromatic rings. The van der Waals surface area contributed by atoms with Crippen molar-refractivity contribution in [2.75, 3.05) is 0 Å². The van der Waals surface area contributed by atoms with Gasteiger partial charge in [-0.1, -0.05) is 15.9 Å². The van der Waals surface area contributed by atoms with Crippen molar-refractivity contribution in [1.29, 1.82) is 0 Å². The Hall–Kier alpha value is -2.01. The Labute approximate surface area is 117 Å². The fraction of sp³-hybridized carbons (Fsp3) is 0.0714. The van der Waals surface area contributed by atoms with E-state index in [1.54, 1.807) is 29.4 Å². The predicted molar refractivity (Wildman–Crippen MR) is 77.0 cm³/mol. The molecule has 0 aliphatic rings. The molecule has 1 aromatic carbocycles. The predicted octanol–water partition coefficient (Wildman–Crippen LogP) is 2.60. The lowest BCUT2D eigenvalue weighted by Gasteiger charge is -2.06. The first-order valence-electron chi connectivity index (χ1n) is 5.77. The smallest absolute Gasteiger partial charge is 0.258 e. The van der Waals surface area contributed by atoms with Crippen LogP contribution < -0.4 is 5.56 Å².